The molecule has 3 rings (SSSR count). The molecule has 0 saturated carbocycles. The van der Waals surface area contributed by atoms with Crippen LogP contribution >= 0.6 is 0 Å². The van der Waals surface area contributed by atoms with Gasteiger partial charge in [-0.25, -0.2) is 4.79 Å². The Bertz CT molecular complexity index is 1130. The lowest BCUT2D eigenvalue weighted by molar-refractivity contribution is -0.143. The van der Waals surface area contributed by atoms with Crippen LogP contribution in [0.4, 0.5) is 4.79 Å². The highest BCUT2D eigenvalue weighted by molar-refractivity contribution is 6.60. The van der Waals surface area contributed by atoms with E-state index < -0.39 is 32.6 Å². The topological polar surface area (TPSA) is 120 Å². The zero-order chi connectivity index (χ0) is 29.0. The molecule has 0 bridgehead atoms. The van der Waals surface area contributed by atoms with Crippen LogP contribution in [0.25, 0.3) is 0 Å². The second-order valence-electron chi connectivity index (χ2n) is 9.27. The predicted octanol–water partition coefficient (Wildman–Crippen LogP) is 4.25. The van der Waals surface area contributed by atoms with Gasteiger partial charge < -0.3 is 18.0 Å². The molecule has 216 valence electrons. The molecule has 0 radical (unpaired) electrons. The fourth-order valence-electron chi connectivity index (χ4n) is 4.48. The largest absolute Gasteiger partial charge is 0.500 e. The average molecular weight is 571 g/mol. The second-order valence-corrected chi connectivity index (χ2v) is 12.0. The van der Waals surface area contributed by atoms with Crippen LogP contribution < -0.4 is 10.1 Å². The number of rotatable bonds is 16. The monoisotopic (exact) mass is 570 g/mol. The third kappa shape index (κ3) is 8.82. The summed E-state index contributed by atoms with van der Waals surface area (Å²) < 4.78 is 23.0. The van der Waals surface area contributed by atoms with Gasteiger partial charge in [-0.1, -0.05) is 42.5 Å². The lowest BCUT2D eigenvalue weighted by atomic mass is 9.95. The fraction of sp³-hybridized carbons (Fsp3) is 0.448. The molecule has 4 amide bonds. The first kappa shape index (κ1) is 31.1. The first-order valence-corrected chi connectivity index (χ1v) is 15.7. The van der Waals surface area contributed by atoms with Crippen molar-refractivity contribution in [2.24, 2.45) is 5.92 Å². The summed E-state index contributed by atoms with van der Waals surface area (Å²) in [5.41, 5.74) is 1.48. The van der Waals surface area contributed by atoms with Crippen LogP contribution in [0.15, 0.2) is 54.6 Å². The number of imide groups is 2. The Hall–Kier alpha value is -3.38. The Balaban J connectivity index is 1.50. The molecular formula is C29H38N2O8Si. The summed E-state index contributed by atoms with van der Waals surface area (Å²) in [5, 5.41) is 2.28. The summed E-state index contributed by atoms with van der Waals surface area (Å²) in [6, 6.07) is 15.7. The summed E-state index contributed by atoms with van der Waals surface area (Å²) in [7, 11) is -2.73. The van der Waals surface area contributed by atoms with Crippen LogP contribution in [0.1, 0.15) is 51.2 Å². The minimum absolute atomic E-state index is 0.0796. The molecular weight excluding hydrogens is 532 g/mol. The molecule has 10 nitrogen and oxygen atoms in total. The van der Waals surface area contributed by atoms with E-state index >= 15 is 0 Å². The summed E-state index contributed by atoms with van der Waals surface area (Å²) in [4.78, 5) is 51.2. The molecule has 1 N–H and O–H groups in total. The fourth-order valence-corrected chi connectivity index (χ4v) is 7.17. The van der Waals surface area contributed by atoms with Crippen molar-refractivity contribution in [2.75, 3.05) is 19.8 Å². The molecule has 2 aromatic carbocycles. The van der Waals surface area contributed by atoms with Crippen LogP contribution in [-0.2, 0) is 40.6 Å². The molecule has 1 atom stereocenters. The Morgan fingerprint density at radius 2 is 1.48 bits per heavy atom. The highest BCUT2D eigenvalue weighted by Crippen LogP contribution is 2.22. The maximum Gasteiger partial charge on any atom is 0.500 e. The molecule has 1 fully saturated rings. The maximum absolute atomic E-state index is 13.0. The Labute approximate surface area is 236 Å². The van der Waals surface area contributed by atoms with Crippen LogP contribution in [0.2, 0.25) is 6.04 Å². The summed E-state index contributed by atoms with van der Waals surface area (Å²) in [5.74, 6) is -2.19. The Morgan fingerprint density at radius 3 is 2.08 bits per heavy atom. The molecule has 0 aliphatic carbocycles. The lowest BCUT2D eigenvalue weighted by Gasteiger charge is -2.30. The minimum atomic E-state index is -2.73. The number of nitrogens with one attached hydrogen (secondary N) is 1. The highest BCUT2D eigenvalue weighted by atomic mass is 28.4. The SMILES string of the molecule is CCO[Si](CCCCC(=O)Oc1ccc(CC2C(=O)NC(=O)N(Cc3ccccc3)C2=O)cc1)(OCC)OCC. The average Bonchev–Trinajstić information content (AvgIpc) is 2.93. The number of hydrogen-bond donors (Lipinski definition) is 1. The summed E-state index contributed by atoms with van der Waals surface area (Å²) in [6.07, 6.45) is 1.67. The number of esters is 1. The zero-order valence-electron chi connectivity index (χ0n) is 23.4. The van der Waals surface area contributed by atoms with E-state index in [0.717, 1.165) is 10.5 Å². The number of ether oxygens (including phenoxy) is 1. The van der Waals surface area contributed by atoms with Crippen molar-refractivity contribution in [2.45, 2.75) is 59.0 Å². The smallest absolute Gasteiger partial charge is 0.427 e. The van der Waals surface area contributed by atoms with E-state index in [-0.39, 0.29) is 25.4 Å². The number of carbonyl (C=O) groups is 4. The van der Waals surface area contributed by atoms with Gasteiger partial charge in [0.2, 0.25) is 11.8 Å². The van der Waals surface area contributed by atoms with Crippen molar-refractivity contribution in [3.63, 3.8) is 0 Å². The van der Waals surface area contributed by atoms with Gasteiger partial charge in [0.1, 0.15) is 11.7 Å². The van der Waals surface area contributed by atoms with E-state index in [4.69, 9.17) is 18.0 Å². The molecule has 1 saturated heterocycles. The van der Waals surface area contributed by atoms with Crippen LogP contribution in [0, 0.1) is 5.92 Å². The van der Waals surface area contributed by atoms with Gasteiger partial charge in [-0.15, -0.1) is 0 Å². The maximum atomic E-state index is 13.0. The normalized spacial score (nSPS) is 15.7. The van der Waals surface area contributed by atoms with Crippen LogP contribution in [-0.4, -0.2) is 57.3 Å². The molecule has 1 aliphatic heterocycles. The van der Waals surface area contributed by atoms with Crippen molar-refractivity contribution in [3.8, 4) is 5.75 Å². The van der Waals surface area contributed by atoms with Gasteiger partial charge in [0.25, 0.3) is 0 Å². The van der Waals surface area contributed by atoms with Gasteiger partial charge in [-0.2, -0.15) is 0 Å². The number of urea groups is 1. The van der Waals surface area contributed by atoms with E-state index in [1.165, 1.54) is 0 Å². The van der Waals surface area contributed by atoms with Gasteiger partial charge in [0, 0.05) is 32.3 Å². The van der Waals surface area contributed by atoms with Crippen LogP contribution in [0.5, 0.6) is 5.75 Å². The Morgan fingerprint density at radius 1 is 0.850 bits per heavy atom. The first-order valence-electron chi connectivity index (χ1n) is 13.7. The Kier molecular flexibility index (Phi) is 12.0. The summed E-state index contributed by atoms with van der Waals surface area (Å²) >= 11 is 0. The third-order valence-electron chi connectivity index (χ3n) is 6.34. The third-order valence-corrected chi connectivity index (χ3v) is 9.49. The molecule has 1 heterocycles. The first-order chi connectivity index (χ1) is 19.3. The van der Waals surface area contributed by atoms with Crippen molar-refractivity contribution in [1.29, 1.82) is 0 Å². The zero-order valence-corrected chi connectivity index (χ0v) is 24.4. The molecule has 0 aromatic heterocycles. The van der Waals surface area contributed by atoms with Crippen molar-refractivity contribution >= 4 is 32.6 Å². The molecule has 1 unspecified atom stereocenters. The minimum Gasteiger partial charge on any atom is -0.427 e. The van der Waals surface area contributed by atoms with Gasteiger partial charge in [-0.05, 0) is 63.3 Å². The molecule has 40 heavy (non-hydrogen) atoms. The number of barbiturate groups is 1. The molecule has 0 spiro atoms. The highest BCUT2D eigenvalue weighted by Gasteiger charge is 2.41. The molecule has 2 aromatic rings. The predicted molar refractivity (Wildman–Crippen MR) is 149 cm³/mol. The number of benzene rings is 2. The van der Waals surface area contributed by atoms with E-state index in [0.29, 0.717) is 50.0 Å². The van der Waals surface area contributed by atoms with Gasteiger partial charge in [-0.3, -0.25) is 24.6 Å². The number of carbonyl (C=O) groups excluding carboxylic acids is 4. The van der Waals surface area contributed by atoms with E-state index in [1.807, 2.05) is 51.1 Å². The number of nitrogens with zero attached hydrogens (tertiary/aromatic N) is 1. The van der Waals surface area contributed by atoms with Gasteiger partial charge in [0.05, 0.1) is 6.54 Å². The van der Waals surface area contributed by atoms with Crippen molar-refractivity contribution in [3.05, 3.63) is 65.7 Å². The van der Waals surface area contributed by atoms with Gasteiger partial charge >= 0.3 is 20.8 Å². The van der Waals surface area contributed by atoms with E-state index in [9.17, 15) is 19.2 Å². The van der Waals surface area contributed by atoms with E-state index in [2.05, 4.69) is 5.32 Å². The van der Waals surface area contributed by atoms with Crippen LogP contribution in [0.3, 0.4) is 0 Å². The number of hydrogen-bond acceptors (Lipinski definition) is 8. The number of amides is 4. The van der Waals surface area contributed by atoms with Crippen molar-refractivity contribution < 1.29 is 37.2 Å². The standard InChI is InChI=1S/C29H38N2O8Si/c1-4-36-40(37-5-2,38-6-3)19-11-10-14-26(32)39-24-17-15-22(16-18-24)20-25-27(33)30-29(35)31(28(25)34)21-23-12-8-7-9-13-23/h7-9,12-13,15-18,25H,4-6,10-11,14,19-21H2,1-3H3,(H,30,33,35). The summed E-state index contributed by atoms with van der Waals surface area (Å²) in [6.45, 7) is 7.33. The molecule has 11 heteroatoms. The molecule has 1 aliphatic rings. The lowest BCUT2D eigenvalue weighted by Crippen LogP contribution is -2.57. The van der Waals surface area contributed by atoms with Crippen molar-refractivity contribution in [1.82, 2.24) is 10.2 Å². The second kappa shape index (κ2) is 15.4. The van der Waals surface area contributed by atoms with Gasteiger partial charge in [0.15, 0.2) is 0 Å². The van der Waals surface area contributed by atoms with E-state index in [1.54, 1.807) is 24.3 Å². The quantitative estimate of drug-likeness (QED) is 0.105. The number of unbranched alkanes of at least 4 members (excludes halogenated alkanes) is 1.